The van der Waals surface area contributed by atoms with Crippen LogP contribution in [0.4, 0.5) is 8.78 Å². The van der Waals surface area contributed by atoms with Crippen molar-refractivity contribution in [1.82, 2.24) is 0 Å². The zero-order chi connectivity index (χ0) is 14.6. The summed E-state index contributed by atoms with van der Waals surface area (Å²) in [6.45, 7) is 8.01. The number of benzene rings is 1. The molecule has 1 nitrogen and oxygen atoms in total. The lowest BCUT2D eigenvalue weighted by molar-refractivity contribution is -0.000678. The Balaban J connectivity index is 3.00. The standard InChI is InChI=1S/C16H24F2O/c1-11(2)8-16(19,9-12(3)4)10-13-14(17)6-5-7-15(13)18/h5-7,11-12,19H,8-10H2,1-4H3. The van der Waals surface area contributed by atoms with Gasteiger partial charge in [-0.2, -0.15) is 0 Å². The van der Waals surface area contributed by atoms with Crippen LogP contribution in [0.5, 0.6) is 0 Å². The van der Waals surface area contributed by atoms with E-state index in [9.17, 15) is 13.9 Å². The minimum atomic E-state index is -1.05. The van der Waals surface area contributed by atoms with Gasteiger partial charge < -0.3 is 5.11 Å². The molecule has 0 aliphatic carbocycles. The second kappa shape index (κ2) is 6.47. The van der Waals surface area contributed by atoms with Gasteiger partial charge in [0.25, 0.3) is 0 Å². The Kier molecular flexibility index (Phi) is 5.48. The molecule has 0 radical (unpaired) electrons. The molecular weight excluding hydrogens is 246 g/mol. The van der Waals surface area contributed by atoms with Crippen molar-refractivity contribution in [3.05, 3.63) is 35.4 Å². The first-order valence-corrected chi connectivity index (χ1v) is 6.89. The fraction of sp³-hybridized carbons (Fsp3) is 0.625. The summed E-state index contributed by atoms with van der Waals surface area (Å²) in [6.07, 6.45) is 1.11. The van der Waals surface area contributed by atoms with Crippen LogP contribution in [0.25, 0.3) is 0 Å². The van der Waals surface area contributed by atoms with Crippen molar-refractivity contribution in [3.8, 4) is 0 Å². The maximum Gasteiger partial charge on any atom is 0.129 e. The second-order valence-electron chi connectivity index (χ2n) is 6.30. The Labute approximate surface area is 114 Å². The van der Waals surface area contributed by atoms with Crippen molar-refractivity contribution in [2.75, 3.05) is 0 Å². The van der Waals surface area contributed by atoms with Gasteiger partial charge in [0, 0.05) is 12.0 Å². The topological polar surface area (TPSA) is 20.2 Å². The van der Waals surface area contributed by atoms with Crippen LogP contribution in [-0.2, 0) is 6.42 Å². The molecule has 0 aromatic heterocycles. The van der Waals surface area contributed by atoms with Gasteiger partial charge in [0.2, 0.25) is 0 Å². The summed E-state index contributed by atoms with van der Waals surface area (Å²) in [5.41, 5.74) is -1.06. The monoisotopic (exact) mass is 270 g/mol. The van der Waals surface area contributed by atoms with Gasteiger partial charge in [-0.3, -0.25) is 0 Å². The summed E-state index contributed by atoms with van der Waals surface area (Å²) >= 11 is 0. The van der Waals surface area contributed by atoms with Gasteiger partial charge in [-0.25, -0.2) is 8.78 Å². The van der Waals surface area contributed by atoms with Crippen molar-refractivity contribution in [1.29, 1.82) is 0 Å². The molecule has 0 unspecified atom stereocenters. The average Bonchev–Trinajstić information content (AvgIpc) is 2.21. The van der Waals surface area contributed by atoms with Crippen LogP contribution in [0.15, 0.2) is 18.2 Å². The highest BCUT2D eigenvalue weighted by molar-refractivity contribution is 5.21. The van der Waals surface area contributed by atoms with E-state index in [1.54, 1.807) is 0 Å². The van der Waals surface area contributed by atoms with E-state index in [1.165, 1.54) is 18.2 Å². The maximum atomic E-state index is 13.7. The van der Waals surface area contributed by atoms with E-state index in [1.807, 2.05) is 27.7 Å². The second-order valence-corrected chi connectivity index (χ2v) is 6.30. The summed E-state index contributed by atoms with van der Waals surface area (Å²) in [4.78, 5) is 0. The van der Waals surface area contributed by atoms with Crippen molar-refractivity contribution in [2.24, 2.45) is 11.8 Å². The Morgan fingerprint density at radius 2 is 1.42 bits per heavy atom. The largest absolute Gasteiger partial charge is 0.390 e. The van der Waals surface area contributed by atoms with Gasteiger partial charge in [0.1, 0.15) is 11.6 Å². The SMILES string of the molecule is CC(C)CC(O)(Cc1c(F)cccc1F)CC(C)C. The molecule has 0 bridgehead atoms. The van der Waals surface area contributed by atoms with Gasteiger partial charge in [-0.1, -0.05) is 33.8 Å². The van der Waals surface area contributed by atoms with E-state index in [-0.39, 0.29) is 23.8 Å². The van der Waals surface area contributed by atoms with Crippen LogP contribution in [-0.4, -0.2) is 10.7 Å². The molecule has 108 valence electrons. The summed E-state index contributed by atoms with van der Waals surface area (Å²) in [5, 5.41) is 10.7. The van der Waals surface area contributed by atoms with Crippen LogP contribution in [0.2, 0.25) is 0 Å². The van der Waals surface area contributed by atoms with E-state index < -0.39 is 17.2 Å². The number of rotatable bonds is 6. The number of hydrogen-bond acceptors (Lipinski definition) is 1. The Hall–Kier alpha value is -0.960. The normalized spacial score (nSPS) is 12.5. The minimum Gasteiger partial charge on any atom is -0.390 e. The Morgan fingerprint density at radius 3 is 1.79 bits per heavy atom. The molecule has 0 saturated heterocycles. The summed E-state index contributed by atoms with van der Waals surface area (Å²) in [5.74, 6) is -0.603. The molecular formula is C16H24F2O. The highest BCUT2D eigenvalue weighted by Crippen LogP contribution is 2.30. The molecule has 0 aliphatic heterocycles. The molecule has 0 amide bonds. The van der Waals surface area contributed by atoms with Gasteiger partial charge >= 0.3 is 0 Å². The molecule has 0 fully saturated rings. The molecule has 19 heavy (non-hydrogen) atoms. The lowest BCUT2D eigenvalue weighted by Crippen LogP contribution is -2.35. The fourth-order valence-corrected chi connectivity index (χ4v) is 2.78. The number of aliphatic hydroxyl groups is 1. The third-order valence-electron chi connectivity index (χ3n) is 3.14. The first-order chi connectivity index (χ1) is 8.73. The predicted octanol–water partition coefficient (Wildman–Crippen LogP) is 4.33. The van der Waals surface area contributed by atoms with E-state index in [4.69, 9.17) is 0 Å². The third-order valence-corrected chi connectivity index (χ3v) is 3.14. The quantitative estimate of drug-likeness (QED) is 0.815. The summed E-state index contributed by atoms with van der Waals surface area (Å²) < 4.78 is 27.4. The highest BCUT2D eigenvalue weighted by Gasteiger charge is 2.31. The van der Waals surface area contributed by atoms with E-state index in [0.717, 1.165) is 0 Å². The molecule has 0 saturated carbocycles. The molecule has 0 heterocycles. The highest BCUT2D eigenvalue weighted by atomic mass is 19.1. The van der Waals surface area contributed by atoms with Gasteiger partial charge in [0.15, 0.2) is 0 Å². The first kappa shape index (κ1) is 16.1. The molecule has 3 heteroatoms. The molecule has 1 aromatic carbocycles. The van der Waals surface area contributed by atoms with E-state index in [2.05, 4.69) is 0 Å². The van der Waals surface area contributed by atoms with Crippen molar-refractivity contribution in [2.45, 2.75) is 52.6 Å². The maximum absolute atomic E-state index is 13.7. The van der Waals surface area contributed by atoms with Crippen molar-refractivity contribution < 1.29 is 13.9 Å². The van der Waals surface area contributed by atoms with E-state index >= 15 is 0 Å². The van der Waals surface area contributed by atoms with Crippen molar-refractivity contribution >= 4 is 0 Å². The van der Waals surface area contributed by atoms with Crippen LogP contribution in [0, 0.1) is 23.5 Å². The van der Waals surface area contributed by atoms with Crippen LogP contribution < -0.4 is 0 Å². The number of halogens is 2. The number of hydrogen-bond donors (Lipinski definition) is 1. The van der Waals surface area contributed by atoms with Gasteiger partial charge in [0.05, 0.1) is 5.60 Å². The molecule has 0 spiro atoms. The van der Waals surface area contributed by atoms with Gasteiger partial charge in [-0.15, -0.1) is 0 Å². The van der Waals surface area contributed by atoms with E-state index in [0.29, 0.717) is 12.8 Å². The molecule has 1 N–H and O–H groups in total. The summed E-state index contributed by atoms with van der Waals surface area (Å²) in [6, 6.07) is 3.82. The van der Waals surface area contributed by atoms with Crippen molar-refractivity contribution in [3.63, 3.8) is 0 Å². The lowest BCUT2D eigenvalue weighted by atomic mass is 9.80. The van der Waals surface area contributed by atoms with Crippen LogP contribution >= 0.6 is 0 Å². The first-order valence-electron chi connectivity index (χ1n) is 6.89. The Bertz CT molecular complexity index is 383. The zero-order valence-electron chi connectivity index (χ0n) is 12.2. The minimum absolute atomic E-state index is 0.00806. The Morgan fingerprint density at radius 1 is 1.00 bits per heavy atom. The van der Waals surface area contributed by atoms with Crippen LogP contribution in [0.3, 0.4) is 0 Å². The van der Waals surface area contributed by atoms with Crippen LogP contribution in [0.1, 0.15) is 46.1 Å². The molecule has 0 aliphatic rings. The zero-order valence-corrected chi connectivity index (χ0v) is 12.2. The molecule has 1 aromatic rings. The lowest BCUT2D eigenvalue weighted by Gasteiger charge is -2.32. The smallest absolute Gasteiger partial charge is 0.129 e. The van der Waals surface area contributed by atoms with Gasteiger partial charge in [-0.05, 0) is 36.8 Å². The summed E-state index contributed by atoms with van der Waals surface area (Å²) in [7, 11) is 0. The third kappa shape index (κ3) is 4.90. The molecule has 0 atom stereocenters. The average molecular weight is 270 g/mol. The molecule has 1 rings (SSSR count). The predicted molar refractivity (Wildman–Crippen MR) is 73.9 cm³/mol. The fourth-order valence-electron chi connectivity index (χ4n) is 2.78.